The van der Waals surface area contributed by atoms with Crippen LogP contribution in [0.3, 0.4) is 0 Å². The lowest BCUT2D eigenvalue weighted by Gasteiger charge is -2.65. The van der Waals surface area contributed by atoms with Crippen molar-refractivity contribution in [3.8, 4) is 17.2 Å². The minimum atomic E-state index is -0.0443. The van der Waals surface area contributed by atoms with E-state index in [2.05, 4.69) is 30.3 Å². The number of fused-ring (bicyclic) bond motifs is 1. The highest BCUT2D eigenvalue weighted by Crippen LogP contribution is 2.63. The number of hydrogen-bond acceptors (Lipinski definition) is 5. The minimum Gasteiger partial charge on any atom is -0.508 e. The number of piperidine rings is 1. The molecule has 2 aromatic rings. The number of phenolic OH excluding ortho intramolecular Hbond substituents is 3. The Morgan fingerprint density at radius 3 is 2.52 bits per heavy atom. The van der Waals surface area contributed by atoms with E-state index in [-0.39, 0.29) is 28.1 Å². The van der Waals surface area contributed by atoms with E-state index >= 15 is 0 Å². The van der Waals surface area contributed by atoms with Gasteiger partial charge in [0, 0.05) is 17.5 Å². The lowest BCUT2D eigenvalue weighted by molar-refractivity contribution is -0.0735. The van der Waals surface area contributed by atoms with Crippen LogP contribution in [-0.4, -0.2) is 39.9 Å². The molecule has 1 saturated heterocycles. The number of hydrogen-bond donors (Lipinski definition) is 4. The van der Waals surface area contributed by atoms with Crippen molar-refractivity contribution in [2.24, 2.45) is 5.41 Å². The molecule has 2 aliphatic carbocycles. The van der Waals surface area contributed by atoms with E-state index in [1.54, 1.807) is 6.07 Å². The quantitative estimate of drug-likeness (QED) is 0.442. The number of likely N-dealkylation sites (N-methyl/N-ethyl adjacent to an activating group) is 1. The highest BCUT2D eigenvalue weighted by Gasteiger charge is 2.60. The Balaban J connectivity index is 1.60. The van der Waals surface area contributed by atoms with E-state index in [1.165, 1.54) is 48.9 Å². The van der Waals surface area contributed by atoms with E-state index in [0.717, 1.165) is 19.4 Å². The van der Waals surface area contributed by atoms with Crippen molar-refractivity contribution < 1.29 is 15.3 Å². The normalized spacial score (nSPS) is 31.0. The zero-order valence-electron chi connectivity index (χ0n) is 17.2. The molecule has 154 valence electrons. The molecule has 1 saturated carbocycles. The maximum Gasteiger partial charge on any atom is 0.142 e. The molecule has 0 amide bonds. The molecular formula is C24H30N2O3. The molecule has 5 nitrogen and oxygen atoms in total. The van der Waals surface area contributed by atoms with Gasteiger partial charge in [0.25, 0.3) is 0 Å². The van der Waals surface area contributed by atoms with Gasteiger partial charge in [0.2, 0.25) is 0 Å². The summed E-state index contributed by atoms with van der Waals surface area (Å²) < 4.78 is 0. The molecule has 2 bridgehead atoms. The minimum absolute atomic E-state index is 0.00857. The van der Waals surface area contributed by atoms with Gasteiger partial charge in [-0.05, 0) is 80.1 Å². The van der Waals surface area contributed by atoms with Crippen LogP contribution in [-0.2, 0) is 11.8 Å². The van der Waals surface area contributed by atoms with Crippen molar-refractivity contribution in [1.29, 1.82) is 0 Å². The van der Waals surface area contributed by atoms with Crippen LogP contribution in [0.15, 0.2) is 30.3 Å². The van der Waals surface area contributed by atoms with Gasteiger partial charge < -0.3 is 25.5 Å². The van der Waals surface area contributed by atoms with Crippen LogP contribution in [0.5, 0.6) is 17.2 Å². The molecule has 0 spiro atoms. The molecule has 5 rings (SSSR count). The number of phenols is 3. The van der Waals surface area contributed by atoms with Crippen molar-refractivity contribution in [3.05, 3.63) is 41.5 Å². The third-order valence-corrected chi connectivity index (χ3v) is 8.20. The summed E-state index contributed by atoms with van der Waals surface area (Å²) in [6, 6.07) is 9.00. The fraction of sp³-hybridized carbons (Fsp3) is 0.500. The van der Waals surface area contributed by atoms with Gasteiger partial charge in [0.15, 0.2) is 0 Å². The molecule has 0 aromatic heterocycles. The van der Waals surface area contributed by atoms with Gasteiger partial charge in [-0.2, -0.15) is 0 Å². The first-order chi connectivity index (χ1) is 13.8. The number of rotatable bonds is 2. The summed E-state index contributed by atoms with van der Waals surface area (Å²) in [6.45, 7) is 3.59. The molecule has 5 heteroatoms. The number of likely N-dealkylation sites (tertiary alicyclic amines) is 1. The summed E-state index contributed by atoms with van der Waals surface area (Å²) in [4.78, 5) is 2.54. The zero-order valence-corrected chi connectivity index (χ0v) is 17.2. The Hall–Kier alpha value is -2.40. The number of nitrogens with zero attached hydrogens (tertiary/aromatic N) is 1. The zero-order chi connectivity index (χ0) is 20.4. The fourth-order valence-corrected chi connectivity index (χ4v) is 6.63. The predicted octanol–water partition coefficient (Wildman–Crippen LogP) is 4.63. The summed E-state index contributed by atoms with van der Waals surface area (Å²) in [6.07, 6.45) is 7.14. The lowest BCUT2D eigenvalue weighted by Crippen LogP contribution is -2.66. The Kier molecular flexibility index (Phi) is 4.04. The first-order valence-corrected chi connectivity index (χ1v) is 10.7. The smallest absolute Gasteiger partial charge is 0.142 e. The Morgan fingerprint density at radius 2 is 1.72 bits per heavy atom. The van der Waals surface area contributed by atoms with Crippen molar-refractivity contribution in [3.63, 3.8) is 0 Å². The van der Waals surface area contributed by atoms with Crippen molar-refractivity contribution in [2.75, 3.05) is 18.9 Å². The van der Waals surface area contributed by atoms with Crippen LogP contribution < -0.4 is 5.32 Å². The second-order valence-electron chi connectivity index (χ2n) is 9.51. The summed E-state index contributed by atoms with van der Waals surface area (Å²) in [5.41, 5.74) is 4.10. The van der Waals surface area contributed by atoms with E-state index in [1.807, 2.05) is 6.07 Å². The van der Waals surface area contributed by atoms with E-state index in [0.29, 0.717) is 17.4 Å². The molecule has 1 heterocycles. The Labute approximate surface area is 172 Å². The molecular weight excluding hydrogens is 364 g/mol. The molecule has 0 unspecified atom stereocenters. The summed E-state index contributed by atoms with van der Waals surface area (Å²) in [5, 5.41) is 33.7. The predicted molar refractivity (Wildman–Crippen MR) is 114 cm³/mol. The molecule has 3 atom stereocenters. The third-order valence-electron chi connectivity index (χ3n) is 8.20. The van der Waals surface area contributed by atoms with Gasteiger partial charge in [-0.1, -0.05) is 19.8 Å². The molecule has 3 aliphatic rings. The summed E-state index contributed by atoms with van der Waals surface area (Å²) in [5.74, 6) is 0.183. The lowest BCUT2D eigenvalue weighted by atomic mass is 9.45. The summed E-state index contributed by atoms with van der Waals surface area (Å²) in [7, 11) is 2.26. The van der Waals surface area contributed by atoms with Crippen LogP contribution in [0.2, 0.25) is 0 Å². The monoisotopic (exact) mass is 394 g/mol. The Bertz CT molecular complexity index is 975. The number of anilines is 2. The number of aromatic hydroxyl groups is 3. The molecule has 2 fully saturated rings. The largest absolute Gasteiger partial charge is 0.508 e. The number of benzene rings is 2. The van der Waals surface area contributed by atoms with Crippen LogP contribution >= 0.6 is 0 Å². The van der Waals surface area contributed by atoms with Crippen LogP contribution in [0.4, 0.5) is 11.4 Å². The van der Waals surface area contributed by atoms with Crippen molar-refractivity contribution in [1.82, 2.24) is 4.90 Å². The van der Waals surface area contributed by atoms with Gasteiger partial charge in [-0.25, -0.2) is 0 Å². The first kappa shape index (κ1) is 18.6. The summed E-state index contributed by atoms with van der Waals surface area (Å²) >= 11 is 0. The standard InChI is InChI=1S/C24H30N2O3/c1-23-7-3-4-8-24(23)9-10-26(2)22(23)12-15-11-19(21(29)14-17(15)24)25-18-6-5-16(27)13-20(18)28/h5-6,11,13-14,22,25,27-29H,3-4,7-10,12H2,1-2H3/t22-,23+,24+/m0/s1. The molecule has 1 aliphatic heterocycles. The van der Waals surface area contributed by atoms with Gasteiger partial charge in [-0.3, -0.25) is 0 Å². The first-order valence-electron chi connectivity index (χ1n) is 10.7. The highest BCUT2D eigenvalue weighted by molar-refractivity contribution is 5.73. The SMILES string of the molecule is CN1CC[C@@]23CCCC[C@]2(C)[C@@H]1Cc1cc(Nc2ccc(O)cc2O)c(O)cc13. The van der Waals surface area contributed by atoms with Gasteiger partial charge in [0.05, 0.1) is 11.4 Å². The van der Waals surface area contributed by atoms with Gasteiger partial charge >= 0.3 is 0 Å². The van der Waals surface area contributed by atoms with Crippen molar-refractivity contribution >= 4 is 11.4 Å². The highest BCUT2D eigenvalue weighted by atomic mass is 16.3. The van der Waals surface area contributed by atoms with Gasteiger partial charge in [-0.15, -0.1) is 0 Å². The second kappa shape index (κ2) is 6.30. The second-order valence-corrected chi connectivity index (χ2v) is 9.51. The molecule has 2 aromatic carbocycles. The topological polar surface area (TPSA) is 76.0 Å². The van der Waals surface area contributed by atoms with Crippen LogP contribution in [0.1, 0.15) is 50.2 Å². The number of nitrogens with one attached hydrogen (secondary N) is 1. The average Bonchev–Trinajstić information content (AvgIpc) is 2.68. The van der Waals surface area contributed by atoms with Crippen LogP contribution in [0.25, 0.3) is 0 Å². The third kappa shape index (κ3) is 2.56. The van der Waals surface area contributed by atoms with E-state index < -0.39 is 0 Å². The molecule has 4 N–H and O–H groups in total. The maximum atomic E-state index is 10.9. The Morgan fingerprint density at radius 1 is 0.966 bits per heavy atom. The van der Waals surface area contributed by atoms with Crippen LogP contribution in [0, 0.1) is 5.41 Å². The van der Waals surface area contributed by atoms with Crippen molar-refractivity contribution in [2.45, 2.75) is 56.9 Å². The maximum absolute atomic E-state index is 10.9. The van der Waals surface area contributed by atoms with E-state index in [9.17, 15) is 15.3 Å². The average molecular weight is 395 g/mol. The fourth-order valence-electron chi connectivity index (χ4n) is 6.63. The van der Waals surface area contributed by atoms with Gasteiger partial charge in [0.1, 0.15) is 17.2 Å². The molecule has 0 radical (unpaired) electrons. The van der Waals surface area contributed by atoms with E-state index in [4.69, 9.17) is 0 Å². The molecule has 29 heavy (non-hydrogen) atoms.